The lowest BCUT2D eigenvalue weighted by molar-refractivity contribution is 0.0721. The summed E-state index contributed by atoms with van der Waals surface area (Å²) in [6.07, 6.45) is 6.65. The number of hydrogen-bond donors (Lipinski definition) is 0. The standard InChI is InChI=1S/C19H26N2O2S/c1-13(22)17-7-8-18(24-17)19(23)21-11-15-5-6-16(12-21)20(10-15)9-14-3-2-4-14/h7-8,14-16H,2-6,9-12H2,1H3. The van der Waals surface area contributed by atoms with E-state index in [1.54, 1.807) is 13.0 Å². The zero-order chi connectivity index (χ0) is 16.7. The number of Topliss-reactive ketones (excluding diaryl/α,β-unsaturated/α-hetero) is 1. The van der Waals surface area contributed by atoms with Gasteiger partial charge in [0.15, 0.2) is 5.78 Å². The van der Waals surface area contributed by atoms with Gasteiger partial charge in [0.2, 0.25) is 0 Å². The molecule has 0 spiro atoms. The lowest BCUT2D eigenvalue weighted by Crippen LogP contribution is -2.47. The molecule has 0 aromatic carbocycles. The first-order chi connectivity index (χ1) is 11.6. The number of amides is 1. The van der Waals surface area contributed by atoms with E-state index in [9.17, 15) is 9.59 Å². The zero-order valence-electron chi connectivity index (χ0n) is 14.4. The van der Waals surface area contributed by atoms with E-state index in [2.05, 4.69) is 9.80 Å². The molecule has 5 heteroatoms. The second-order valence-electron chi connectivity index (χ2n) is 7.78. The molecule has 0 N–H and O–H groups in total. The maximum absolute atomic E-state index is 12.9. The number of carbonyl (C=O) groups is 2. The summed E-state index contributed by atoms with van der Waals surface area (Å²) in [5.41, 5.74) is 0. The molecule has 2 atom stereocenters. The Morgan fingerprint density at radius 2 is 1.88 bits per heavy atom. The third-order valence-electron chi connectivity index (χ3n) is 6.00. The highest BCUT2D eigenvalue weighted by Gasteiger charge is 2.38. The van der Waals surface area contributed by atoms with Crippen molar-refractivity contribution >= 4 is 23.0 Å². The van der Waals surface area contributed by atoms with Crippen molar-refractivity contribution in [3.05, 3.63) is 21.9 Å². The third kappa shape index (κ3) is 3.16. The highest BCUT2D eigenvalue weighted by molar-refractivity contribution is 7.15. The Bertz CT molecular complexity index is 637. The maximum atomic E-state index is 12.9. The average molecular weight is 346 g/mol. The van der Waals surface area contributed by atoms with Crippen molar-refractivity contribution in [3.63, 3.8) is 0 Å². The minimum atomic E-state index is 0.0432. The number of carbonyl (C=O) groups excluding carboxylic acids is 2. The summed E-state index contributed by atoms with van der Waals surface area (Å²) < 4.78 is 0. The van der Waals surface area contributed by atoms with E-state index >= 15 is 0 Å². The first-order valence-electron chi connectivity index (χ1n) is 9.24. The molecule has 2 unspecified atom stereocenters. The van der Waals surface area contributed by atoms with Gasteiger partial charge in [0.25, 0.3) is 5.91 Å². The van der Waals surface area contributed by atoms with E-state index in [-0.39, 0.29) is 11.7 Å². The monoisotopic (exact) mass is 346 g/mol. The maximum Gasteiger partial charge on any atom is 0.264 e. The van der Waals surface area contributed by atoms with E-state index in [1.807, 2.05) is 6.07 Å². The molecule has 3 aliphatic heterocycles. The fraction of sp³-hybridized carbons (Fsp3) is 0.684. The lowest BCUT2D eigenvalue weighted by Gasteiger charge is -2.40. The summed E-state index contributed by atoms with van der Waals surface area (Å²) in [6.45, 7) is 5.69. The van der Waals surface area contributed by atoms with Crippen LogP contribution in [0.25, 0.3) is 0 Å². The highest BCUT2D eigenvalue weighted by Crippen LogP contribution is 2.33. The fourth-order valence-electron chi connectivity index (χ4n) is 4.37. The van der Waals surface area contributed by atoms with E-state index in [0.717, 1.165) is 25.6 Å². The number of ketones is 1. The first kappa shape index (κ1) is 16.3. The molecule has 1 aromatic rings. The predicted octanol–water partition coefficient (Wildman–Crippen LogP) is 3.29. The Kier molecular flexibility index (Phi) is 4.48. The van der Waals surface area contributed by atoms with Gasteiger partial charge < -0.3 is 4.90 Å². The molecule has 2 bridgehead atoms. The van der Waals surface area contributed by atoms with Crippen LogP contribution >= 0.6 is 11.3 Å². The molecule has 1 aliphatic carbocycles. The van der Waals surface area contributed by atoms with E-state index in [0.29, 0.717) is 21.7 Å². The Hall–Kier alpha value is -1.20. The second-order valence-corrected chi connectivity index (χ2v) is 8.86. The van der Waals surface area contributed by atoms with Crippen molar-refractivity contribution in [1.82, 2.24) is 9.80 Å². The van der Waals surface area contributed by atoms with Crippen LogP contribution in [0.2, 0.25) is 0 Å². The van der Waals surface area contributed by atoms with Gasteiger partial charge in [-0.1, -0.05) is 6.42 Å². The molecule has 4 nitrogen and oxygen atoms in total. The van der Waals surface area contributed by atoms with Gasteiger partial charge >= 0.3 is 0 Å². The van der Waals surface area contributed by atoms with Crippen molar-refractivity contribution in [2.24, 2.45) is 11.8 Å². The summed E-state index contributed by atoms with van der Waals surface area (Å²) in [6, 6.07) is 4.14. The number of thiophene rings is 1. The van der Waals surface area contributed by atoms with Gasteiger partial charge in [-0.3, -0.25) is 14.5 Å². The van der Waals surface area contributed by atoms with E-state index in [1.165, 1.54) is 50.0 Å². The Labute approximate surface area is 147 Å². The second kappa shape index (κ2) is 6.60. The number of piperidine rings is 1. The largest absolute Gasteiger partial charge is 0.336 e. The van der Waals surface area contributed by atoms with Gasteiger partial charge in [-0.25, -0.2) is 0 Å². The van der Waals surface area contributed by atoms with Crippen molar-refractivity contribution < 1.29 is 9.59 Å². The highest BCUT2D eigenvalue weighted by atomic mass is 32.1. The zero-order valence-corrected chi connectivity index (χ0v) is 15.2. The van der Waals surface area contributed by atoms with Gasteiger partial charge in [0.05, 0.1) is 9.75 Å². The summed E-state index contributed by atoms with van der Waals surface area (Å²) in [7, 11) is 0. The molecule has 130 valence electrons. The van der Waals surface area contributed by atoms with Gasteiger partial charge in [0.1, 0.15) is 0 Å². The van der Waals surface area contributed by atoms with Crippen molar-refractivity contribution in [1.29, 1.82) is 0 Å². The summed E-state index contributed by atoms with van der Waals surface area (Å²) in [5, 5.41) is 0. The van der Waals surface area contributed by atoms with Crippen LogP contribution in [0.15, 0.2) is 12.1 Å². The number of nitrogens with zero attached hydrogens (tertiary/aromatic N) is 2. The summed E-state index contributed by atoms with van der Waals surface area (Å²) in [5.74, 6) is 1.67. The topological polar surface area (TPSA) is 40.6 Å². The number of fused-ring (bicyclic) bond motifs is 4. The van der Waals surface area contributed by atoms with E-state index < -0.39 is 0 Å². The minimum Gasteiger partial charge on any atom is -0.336 e. The molecular weight excluding hydrogens is 320 g/mol. The van der Waals surface area contributed by atoms with Crippen LogP contribution in [0, 0.1) is 11.8 Å². The smallest absolute Gasteiger partial charge is 0.264 e. The minimum absolute atomic E-state index is 0.0432. The predicted molar refractivity (Wildman–Crippen MR) is 95.7 cm³/mol. The lowest BCUT2D eigenvalue weighted by atomic mass is 9.83. The normalized spacial score (nSPS) is 27.8. The molecule has 1 aromatic heterocycles. The van der Waals surface area contributed by atoms with Crippen LogP contribution in [-0.2, 0) is 0 Å². The first-order valence-corrected chi connectivity index (χ1v) is 10.1. The van der Waals surface area contributed by atoms with Gasteiger partial charge in [-0.05, 0) is 56.6 Å². The van der Waals surface area contributed by atoms with Crippen molar-refractivity contribution in [3.8, 4) is 0 Å². The molecular formula is C19H26N2O2S. The van der Waals surface area contributed by atoms with Crippen molar-refractivity contribution in [2.75, 3.05) is 26.2 Å². The third-order valence-corrected chi connectivity index (χ3v) is 7.17. The molecule has 3 saturated heterocycles. The Morgan fingerprint density at radius 3 is 2.54 bits per heavy atom. The SMILES string of the molecule is CC(=O)c1ccc(C(=O)N2CC3CCC(C2)N(CC2CCC2)C3)s1. The summed E-state index contributed by atoms with van der Waals surface area (Å²) >= 11 is 1.34. The molecule has 4 heterocycles. The molecule has 4 fully saturated rings. The van der Waals surface area contributed by atoms with Crippen LogP contribution in [-0.4, -0.2) is 53.7 Å². The molecule has 1 saturated carbocycles. The molecule has 5 rings (SSSR count). The summed E-state index contributed by atoms with van der Waals surface area (Å²) in [4.78, 5) is 30.5. The Morgan fingerprint density at radius 1 is 1.08 bits per heavy atom. The van der Waals surface area contributed by atoms with Gasteiger partial charge in [-0.2, -0.15) is 0 Å². The molecule has 1 amide bonds. The number of rotatable bonds is 4. The van der Waals surface area contributed by atoms with Crippen LogP contribution in [0.3, 0.4) is 0 Å². The van der Waals surface area contributed by atoms with Crippen molar-refractivity contribution in [2.45, 2.75) is 45.1 Å². The molecule has 0 radical (unpaired) electrons. The molecule has 24 heavy (non-hydrogen) atoms. The van der Waals surface area contributed by atoms with E-state index in [4.69, 9.17) is 0 Å². The number of hydrogen-bond acceptors (Lipinski definition) is 4. The van der Waals surface area contributed by atoms with Crippen LogP contribution in [0.4, 0.5) is 0 Å². The van der Waals surface area contributed by atoms with Crippen LogP contribution in [0.1, 0.15) is 58.4 Å². The van der Waals surface area contributed by atoms with Crippen LogP contribution < -0.4 is 0 Å². The van der Waals surface area contributed by atoms with Crippen LogP contribution in [0.5, 0.6) is 0 Å². The average Bonchev–Trinajstić information content (AvgIpc) is 2.85. The van der Waals surface area contributed by atoms with Gasteiger partial charge in [0, 0.05) is 32.2 Å². The fourth-order valence-corrected chi connectivity index (χ4v) is 5.24. The Balaban J connectivity index is 1.46. The molecule has 4 aliphatic rings. The quantitative estimate of drug-likeness (QED) is 0.786. The van der Waals surface area contributed by atoms with Gasteiger partial charge in [-0.15, -0.1) is 11.3 Å².